The summed E-state index contributed by atoms with van der Waals surface area (Å²) >= 11 is 3.11. The highest BCUT2D eigenvalue weighted by Gasteiger charge is 2.31. The van der Waals surface area contributed by atoms with Gasteiger partial charge >= 0.3 is 6.36 Å². The van der Waals surface area contributed by atoms with Crippen molar-refractivity contribution in [1.29, 1.82) is 0 Å². The zero-order valence-electron chi connectivity index (χ0n) is 15.9. The van der Waals surface area contributed by atoms with E-state index in [0.29, 0.717) is 16.7 Å². The Morgan fingerprint density at radius 2 is 1.75 bits per heavy atom. The molecule has 4 aromatic rings. The number of aromatic nitrogens is 3. The van der Waals surface area contributed by atoms with Gasteiger partial charge in [-0.3, -0.25) is 4.79 Å². The average molecular weight is 510 g/mol. The van der Waals surface area contributed by atoms with Crippen molar-refractivity contribution in [2.75, 3.05) is 0 Å². The molecular formula is C21H12BrF4N3O3. The number of benzene rings is 2. The summed E-state index contributed by atoms with van der Waals surface area (Å²) in [5, 5.41) is 3.84. The monoisotopic (exact) mass is 509 g/mol. The molecule has 32 heavy (non-hydrogen) atoms. The van der Waals surface area contributed by atoms with Gasteiger partial charge < -0.3 is 13.8 Å². The van der Waals surface area contributed by atoms with Crippen LogP contribution in [0.15, 0.2) is 74.6 Å². The molecule has 0 spiro atoms. The first-order valence-electron chi connectivity index (χ1n) is 9.03. The van der Waals surface area contributed by atoms with E-state index in [1.165, 1.54) is 41.1 Å². The lowest BCUT2D eigenvalue weighted by molar-refractivity contribution is -0.274. The van der Waals surface area contributed by atoms with Gasteiger partial charge in [-0.15, -0.1) is 13.2 Å². The first-order valence-corrected chi connectivity index (χ1v) is 9.82. The Kier molecular flexibility index (Phi) is 5.83. The number of ether oxygens (including phenoxy) is 1. The minimum Gasteiger partial charge on any atom is -0.406 e. The molecule has 0 N–H and O–H groups in total. The molecule has 0 atom stereocenters. The molecule has 0 aliphatic carbocycles. The third-order valence-corrected chi connectivity index (χ3v) is 4.95. The normalized spacial score (nSPS) is 11.5. The van der Waals surface area contributed by atoms with Crippen LogP contribution in [0, 0.1) is 5.82 Å². The molecule has 0 aliphatic rings. The number of halogens is 5. The van der Waals surface area contributed by atoms with Crippen LogP contribution in [-0.2, 0) is 6.54 Å². The molecule has 0 aliphatic heterocycles. The number of hydrogen-bond acceptors (Lipinski definition) is 5. The minimum atomic E-state index is -4.78. The lowest BCUT2D eigenvalue weighted by atomic mass is 10.2. The minimum absolute atomic E-state index is 0.115. The standard InChI is InChI=1S/C21H12BrF4N3O3/c22-16-9-12(1-7-17(16)23)10-29-11-14(4-8-18(29)30)20-27-19(28-32-20)13-2-5-15(6-3-13)31-21(24,25)26/h1-9,11H,10H2. The lowest BCUT2D eigenvalue weighted by Gasteiger charge is -2.08. The van der Waals surface area contributed by atoms with E-state index in [2.05, 4.69) is 30.8 Å². The second kappa shape index (κ2) is 8.58. The molecule has 164 valence electrons. The highest BCUT2D eigenvalue weighted by molar-refractivity contribution is 9.10. The summed E-state index contributed by atoms with van der Waals surface area (Å²) in [6.45, 7) is 0.188. The third-order valence-electron chi connectivity index (χ3n) is 4.34. The summed E-state index contributed by atoms with van der Waals surface area (Å²) in [5.74, 6) is -0.515. The van der Waals surface area contributed by atoms with Crippen molar-refractivity contribution >= 4 is 15.9 Å². The van der Waals surface area contributed by atoms with E-state index in [9.17, 15) is 22.4 Å². The lowest BCUT2D eigenvalue weighted by Crippen LogP contribution is -2.19. The highest BCUT2D eigenvalue weighted by Crippen LogP contribution is 2.27. The molecule has 0 saturated heterocycles. The van der Waals surface area contributed by atoms with Crippen molar-refractivity contribution in [3.05, 3.63) is 87.0 Å². The zero-order valence-corrected chi connectivity index (χ0v) is 17.5. The molecule has 4 rings (SSSR count). The molecule has 0 bridgehead atoms. The summed E-state index contributed by atoms with van der Waals surface area (Å²) in [5.41, 5.74) is 1.29. The van der Waals surface area contributed by atoms with Gasteiger partial charge in [-0.2, -0.15) is 4.98 Å². The largest absolute Gasteiger partial charge is 0.573 e. The van der Waals surface area contributed by atoms with Crippen molar-refractivity contribution in [3.63, 3.8) is 0 Å². The van der Waals surface area contributed by atoms with Gasteiger partial charge in [-0.25, -0.2) is 4.39 Å². The zero-order chi connectivity index (χ0) is 22.9. The van der Waals surface area contributed by atoms with Gasteiger partial charge in [-0.1, -0.05) is 11.2 Å². The Hall–Kier alpha value is -3.47. The van der Waals surface area contributed by atoms with Crippen LogP contribution in [0.1, 0.15) is 5.56 Å². The van der Waals surface area contributed by atoms with Crippen molar-refractivity contribution in [2.45, 2.75) is 12.9 Å². The number of alkyl halides is 3. The summed E-state index contributed by atoms with van der Waals surface area (Å²) in [6, 6.07) is 12.3. The van der Waals surface area contributed by atoms with E-state index in [-0.39, 0.29) is 34.0 Å². The van der Waals surface area contributed by atoms with Gasteiger partial charge in [0, 0.05) is 17.8 Å². The molecule has 11 heteroatoms. The Morgan fingerprint density at radius 1 is 1.03 bits per heavy atom. The fourth-order valence-corrected chi connectivity index (χ4v) is 3.31. The van der Waals surface area contributed by atoms with E-state index in [1.807, 2.05) is 0 Å². The van der Waals surface area contributed by atoms with Gasteiger partial charge in [0.15, 0.2) is 0 Å². The molecule has 0 amide bonds. The molecule has 2 heterocycles. The van der Waals surface area contributed by atoms with Crippen LogP contribution in [0.3, 0.4) is 0 Å². The van der Waals surface area contributed by atoms with Crippen molar-refractivity contribution in [1.82, 2.24) is 14.7 Å². The van der Waals surface area contributed by atoms with E-state index in [4.69, 9.17) is 4.52 Å². The third kappa shape index (κ3) is 5.05. The van der Waals surface area contributed by atoms with Crippen molar-refractivity contribution < 1.29 is 26.8 Å². The fourth-order valence-electron chi connectivity index (χ4n) is 2.88. The molecule has 2 aromatic carbocycles. The quantitative estimate of drug-likeness (QED) is 0.336. The first-order chi connectivity index (χ1) is 15.2. The van der Waals surface area contributed by atoms with Gasteiger partial charge in [0.2, 0.25) is 5.82 Å². The molecule has 0 radical (unpaired) electrons. The number of rotatable bonds is 5. The highest BCUT2D eigenvalue weighted by atomic mass is 79.9. The van der Waals surface area contributed by atoms with Crippen molar-refractivity contribution in [2.24, 2.45) is 0 Å². The molecule has 0 saturated carbocycles. The van der Waals surface area contributed by atoms with Gasteiger partial charge in [0.05, 0.1) is 16.6 Å². The molecule has 6 nitrogen and oxygen atoms in total. The molecule has 0 unspecified atom stereocenters. The predicted molar refractivity (Wildman–Crippen MR) is 109 cm³/mol. The molecular weight excluding hydrogens is 498 g/mol. The Labute approximate surface area is 186 Å². The summed E-state index contributed by atoms with van der Waals surface area (Å²) < 4.78 is 61.1. The first kappa shape index (κ1) is 21.8. The van der Waals surface area contributed by atoms with Crippen LogP contribution in [-0.4, -0.2) is 21.1 Å². The van der Waals surface area contributed by atoms with Crippen LogP contribution in [0.25, 0.3) is 22.8 Å². The van der Waals surface area contributed by atoms with Gasteiger partial charge in [0.25, 0.3) is 11.4 Å². The van der Waals surface area contributed by atoms with Crippen LogP contribution in [0.2, 0.25) is 0 Å². The summed E-state index contributed by atoms with van der Waals surface area (Å²) in [7, 11) is 0. The predicted octanol–water partition coefficient (Wildman–Crippen LogP) is 5.41. The average Bonchev–Trinajstić information content (AvgIpc) is 3.22. The second-order valence-corrected chi connectivity index (χ2v) is 7.48. The number of hydrogen-bond donors (Lipinski definition) is 0. The van der Waals surface area contributed by atoms with E-state index in [0.717, 1.165) is 12.1 Å². The molecule has 0 fully saturated rings. The summed E-state index contributed by atoms with van der Waals surface area (Å²) in [6.07, 6.45) is -3.26. The second-order valence-electron chi connectivity index (χ2n) is 6.63. The Bertz CT molecular complexity index is 1320. The maximum Gasteiger partial charge on any atom is 0.573 e. The van der Waals surface area contributed by atoms with Gasteiger partial charge in [0.1, 0.15) is 11.6 Å². The maximum atomic E-state index is 13.4. The maximum absolute atomic E-state index is 13.4. The summed E-state index contributed by atoms with van der Waals surface area (Å²) in [4.78, 5) is 16.5. The number of pyridine rings is 1. The van der Waals surface area contributed by atoms with Gasteiger partial charge in [-0.05, 0) is 64.0 Å². The fraction of sp³-hybridized carbons (Fsp3) is 0.0952. The van der Waals surface area contributed by atoms with Crippen molar-refractivity contribution in [3.8, 4) is 28.6 Å². The topological polar surface area (TPSA) is 70.2 Å². The Morgan fingerprint density at radius 3 is 2.44 bits per heavy atom. The van der Waals surface area contributed by atoms with E-state index < -0.39 is 12.2 Å². The molecule has 2 aromatic heterocycles. The van der Waals surface area contributed by atoms with E-state index >= 15 is 0 Å². The van der Waals surface area contributed by atoms with E-state index in [1.54, 1.807) is 12.1 Å². The smallest absolute Gasteiger partial charge is 0.406 e. The van der Waals surface area contributed by atoms with Crippen LogP contribution < -0.4 is 10.3 Å². The number of nitrogens with zero attached hydrogens (tertiary/aromatic N) is 3. The Balaban J connectivity index is 1.57. The SMILES string of the molecule is O=c1ccc(-c2nc(-c3ccc(OC(F)(F)F)cc3)no2)cn1Cc1ccc(F)c(Br)c1. The van der Waals surface area contributed by atoms with Crippen LogP contribution >= 0.6 is 15.9 Å². The van der Waals surface area contributed by atoms with Crippen LogP contribution in [0.5, 0.6) is 5.75 Å². The van der Waals surface area contributed by atoms with Crippen LogP contribution in [0.4, 0.5) is 17.6 Å².